The van der Waals surface area contributed by atoms with E-state index in [1.807, 2.05) is 0 Å². The fourth-order valence-electron chi connectivity index (χ4n) is 4.18. The van der Waals surface area contributed by atoms with Gasteiger partial charge in [-0.1, -0.05) is 6.07 Å². The number of methoxy groups -OCH3 is 1. The van der Waals surface area contributed by atoms with Gasteiger partial charge in [-0.3, -0.25) is 4.79 Å². The summed E-state index contributed by atoms with van der Waals surface area (Å²) in [5.41, 5.74) is -0.524. The standard InChI is InChI=1S/C23H23F3N4O4/c1-34-22(33)14-9-17-18(29-20(28-17)13-7-5-12(11-31)6-8-13)10-16(14)30-21(32)15-3-2-4-19(27-15)23(24,25)26/h2-4,9-10,12-13,31H,5-8,11H2,1H3,(H,28,29)(H,30,32)/t12-,13-. The molecule has 180 valence electrons. The molecule has 3 aromatic rings. The van der Waals surface area contributed by atoms with Crippen LogP contribution < -0.4 is 5.32 Å². The van der Waals surface area contributed by atoms with Gasteiger partial charge in [0.1, 0.15) is 17.2 Å². The number of amides is 1. The van der Waals surface area contributed by atoms with Crippen molar-refractivity contribution in [3.8, 4) is 0 Å². The Kier molecular flexibility index (Phi) is 6.56. The number of aromatic amines is 1. The first-order chi connectivity index (χ1) is 16.2. The molecule has 1 saturated carbocycles. The van der Waals surface area contributed by atoms with Gasteiger partial charge in [-0.25, -0.2) is 14.8 Å². The van der Waals surface area contributed by atoms with Gasteiger partial charge in [0, 0.05) is 12.5 Å². The molecule has 1 aromatic carbocycles. The van der Waals surface area contributed by atoms with Gasteiger partial charge in [-0.2, -0.15) is 13.2 Å². The maximum Gasteiger partial charge on any atom is 0.433 e. The molecule has 0 bridgehead atoms. The summed E-state index contributed by atoms with van der Waals surface area (Å²) in [7, 11) is 1.18. The Morgan fingerprint density at radius 3 is 2.56 bits per heavy atom. The van der Waals surface area contributed by atoms with Gasteiger partial charge in [-0.05, 0) is 55.9 Å². The Balaban J connectivity index is 1.65. The molecule has 0 saturated heterocycles. The summed E-state index contributed by atoms with van der Waals surface area (Å²) in [6.07, 6.45) is -1.21. The van der Waals surface area contributed by atoms with Crippen molar-refractivity contribution in [3.63, 3.8) is 0 Å². The number of hydrogen-bond donors (Lipinski definition) is 3. The average molecular weight is 476 g/mol. The number of alkyl halides is 3. The molecule has 1 fully saturated rings. The minimum atomic E-state index is -4.70. The molecule has 4 rings (SSSR count). The Morgan fingerprint density at radius 1 is 1.18 bits per heavy atom. The Morgan fingerprint density at radius 2 is 1.91 bits per heavy atom. The van der Waals surface area contributed by atoms with Crippen LogP contribution in [0.2, 0.25) is 0 Å². The van der Waals surface area contributed by atoms with Crippen LogP contribution in [0.1, 0.15) is 64.0 Å². The first-order valence-corrected chi connectivity index (χ1v) is 10.8. The lowest BCUT2D eigenvalue weighted by Crippen LogP contribution is -2.18. The number of carbonyl (C=O) groups is 2. The molecule has 1 amide bonds. The number of halogens is 3. The van der Waals surface area contributed by atoms with E-state index in [1.54, 1.807) is 0 Å². The molecule has 2 heterocycles. The van der Waals surface area contributed by atoms with Crippen LogP contribution in [-0.4, -0.2) is 45.7 Å². The van der Waals surface area contributed by atoms with E-state index in [9.17, 15) is 27.9 Å². The number of nitrogens with zero attached hydrogens (tertiary/aromatic N) is 2. The molecule has 8 nitrogen and oxygen atoms in total. The van der Waals surface area contributed by atoms with Crippen molar-refractivity contribution in [2.45, 2.75) is 37.8 Å². The predicted octanol–water partition coefficient (Wildman–Crippen LogP) is 4.28. The number of hydrogen-bond acceptors (Lipinski definition) is 6. The van der Waals surface area contributed by atoms with Crippen molar-refractivity contribution >= 4 is 28.6 Å². The van der Waals surface area contributed by atoms with Crippen LogP contribution in [0.25, 0.3) is 11.0 Å². The quantitative estimate of drug-likeness (QED) is 0.473. The third kappa shape index (κ3) is 4.89. The highest BCUT2D eigenvalue weighted by molar-refractivity contribution is 6.09. The third-order valence-corrected chi connectivity index (χ3v) is 6.06. The number of aromatic nitrogens is 3. The molecule has 34 heavy (non-hydrogen) atoms. The van der Waals surface area contributed by atoms with Gasteiger partial charge in [-0.15, -0.1) is 0 Å². The fraction of sp³-hybridized carbons (Fsp3) is 0.391. The molecule has 1 aliphatic carbocycles. The van der Waals surface area contributed by atoms with Gasteiger partial charge in [0.2, 0.25) is 0 Å². The minimum Gasteiger partial charge on any atom is -0.465 e. The minimum absolute atomic E-state index is 0.0114. The molecule has 2 aromatic heterocycles. The topological polar surface area (TPSA) is 117 Å². The SMILES string of the molecule is COC(=O)c1cc2nc([C@H]3CC[C@H](CO)CC3)[nH]c2cc1NC(=O)c1cccc(C(F)(F)F)n1. The highest BCUT2D eigenvalue weighted by atomic mass is 19.4. The van der Waals surface area contributed by atoms with Gasteiger partial charge < -0.3 is 20.1 Å². The molecule has 11 heteroatoms. The number of anilines is 1. The molecular weight excluding hydrogens is 453 g/mol. The molecular formula is C23H23F3N4O4. The number of pyridine rings is 1. The number of H-pyrrole nitrogens is 1. The largest absolute Gasteiger partial charge is 0.465 e. The lowest BCUT2D eigenvalue weighted by atomic mass is 9.82. The molecule has 0 aliphatic heterocycles. The summed E-state index contributed by atoms with van der Waals surface area (Å²) in [5, 5.41) is 11.8. The van der Waals surface area contributed by atoms with E-state index in [0.29, 0.717) is 11.0 Å². The monoisotopic (exact) mass is 476 g/mol. The number of imidazole rings is 1. The maximum absolute atomic E-state index is 13.0. The number of ether oxygens (including phenoxy) is 1. The van der Waals surface area contributed by atoms with Crippen LogP contribution in [0.4, 0.5) is 18.9 Å². The number of rotatable bonds is 5. The van der Waals surface area contributed by atoms with Crippen LogP contribution in [0.5, 0.6) is 0 Å². The van der Waals surface area contributed by atoms with Crippen molar-refractivity contribution in [3.05, 3.63) is 53.1 Å². The van der Waals surface area contributed by atoms with Crippen LogP contribution >= 0.6 is 0 Å². The van der Waals surface area contributed by atoms with Crippen molar-refractivity contribution in [2.24, 2.45) is 5.92 Å². The Hall–Kier alpha value is -3.47. The number of esters is 1. The highest BCUT2D eigenvalue weighted by Gasteiger charge is 2.33. The lowest BCUT2D eigenvalue weighted by molar-refractivity contribution is -0.141. The predicted molar refractivity (Wildman–Crippen MR) is 116 cm³/mol. The first kappa shape index (κ1) is 23.7. The average Bonchev–Trinajstić information content (AvgIpc) is 3.25. The van der Waals surface area contributed by atoms with E-state index in [1.165, 1.54) is 19.2 Å². The van der Waals surface area contributed by atoms with Crippen LogP contribution in [-0.2, 0) is 10.9 Å². The van der Waals surface area contributed by atoms with E-state index in [2.05, 4.69) is 20.3 Å². The zero-order valence-corrected chi connectivity index (χ0v) is 18.3. The van der Waals surface area contributed by atoms with E-state index in [0.717, 1.165) is 49.7 Å². The zero-order chi connectivity index (χ0) is 24.5. The Bertz CT molecular complexity index is 1220. The molecule has 1 aliphatic rings. The smallest absolute Gasteiger partial charge is 0.433 e. The summed E-state index contributed by atoms with van der Waals surface area (Å²) in [4.78, 5) is 36.2. The maximum atomic E-state index is 13.0. The van der Waals surface area contributed by atoms with Gasteiger partial charge in [0.25, 0.3) is 5.91 Å². The van der Waals surface area contributed by atoms with E-state index in [-0.39, 0.29) is 29.7 Å². The second-order valence-corrected chi connectivity index (χ2v) is 8.29. The first-order valence-electron chi connectivity index (χ1n) is 10.8. The van der Waals surface area contributed by atoms with E-state index >= 15 is 0 Å². The molecule has 3 N–H and O–H groups in total. The second-order valence-electron chi connectivity index (χ2n) is 8.29. The fourth-order valence-corrected chi connectivity index (χ4v) is 4.18. The number of carbonyl (C=O) groups excluding carboxylic acids is 2. The molecule has 0 atom stereocenters. The number of nitrogens with one attached hydrogen (secondary N) is 2. The zero-order valence-electron chi connectivity index (χ0n) is 18.3. The summed E-state index contributed by atoms with van der Waals surface area (Å²) in [6.45, 7) is 0.166. The van der Waals surface area contributed by atoms with E-state index < -0.39 is 29.4 Å². The summed E-state index contributed by atoms with van der Waals surface area (Å²) >= 11 is 0. The van der Waals surface area contributed by atoms with Crippen LogP contribution in [0.3, 0.4) is 0 Å². The number of aliphatic hydroxyl groups is 1. The Labute approximate surface area is 192 Å². The highest BCUT2D eigenvalue weighted by Crippen LogP contribution is 2.36. The number of aliphatic hydroxyl groups excluding tert-OH is 1. The normalized spacial score (nSPS) is 18.6. The lowest BCUT2D eigenvalue weighted by Gasteiger charge is -2.25. The van der Waals surface area contributed by atoms with E-state index in [4.69, 9.17) is 4.74 Å². The van der Waals surface area contributed by atoms with Gasteiger partial charge >= 0.3 is 12.1 Å². The van der Waals surface area contributed by atoms with Gasteiger partial charge in [0.15, 0.2) is 0 Å². The number of fused-ring (bicyclic) bond motifs is 1. The molecule has 0 spiro atoms. The summed E-state index contributed by atoms with van der Waals surface area (Å²) < 4.78 is 43.7. The molecule has 0 unspecified atom stereocenters. The van der Waals surface area contributed by atoms with Crippen LogP contribution in [0, 0.1) is 5.92 Å². The summed E-state index contributed by atoms with van der Waals surface area (Å²) in [5.74, 6) is -0.438. The second kappa shape index (κ2) is 9.41. The third-order valence-electron chi connectivity index (χ3n) is 6.06. The van der Waals surface area contributed by atoms with Crippen molar-refractivity contribution in [1.82, 2.24) is 15.0 Å². The van der Waals surface area contributed by atoms with Crippen LogP contribution in [0.15, 0.2) is 30.3 Å². The van der Waals surface area contributed by atoms with Gasteiger partial charge in [0.05, 0.1) is 29.4 Å². The van der Waals surface area contributed by atoms with Crippen molar-refractivity contribution in [1.29, 1.82) is 0 Å². The van der Waals surface area contributed by atoms with Crippen molar-refractivity contribution in [2.75, 3.05) is 19.0 Å². The number of benzene rings is 1. The van der Waals surface area contributed by atoms with Crippen molar-refractivity contribution < 1.29 is 32.6 Å². The summed E-state index contributed by atoms with van der Waals surface area (Å²) in [6, 6.07) is 5.97. The molecule has 0 radical (unpaired) electrons.